The van der Waals surface area contributed by atoms with Crippen LogP contribution in [0.4, 0.5) is 9.18 Å². The Labute approximate surface area is 210 Å². The summed E-state index contributed by atoms with van der Waals surface area (Å²) in [5, 5.41) is 4.89. The van der Waals surface area contributed by atoms with Gasteiger partial charge in [-0.15, -0.1) is 11.3 Å². The van der Waals surface area contributed by atoms with Crippen molar-refractivity contribution in [3.05, 3.63) is 87.9 Å². The average molecular weight is 496 g/mol. The number of thiophene rings is 1. The molecule has 3 aliphatic heterocycles. The van der Waals surface area contributed by atoms with E-state index in [9.17, 15) is 9.18 Å². The number of methoxy groups -OCH3 is 1. The normalized spacial score (nSPS) is 24.1. The van der Waals surface area contributed by atoms with Crippen LogP contribution >= 0.6 is 11.3 Å². The number of piperidine rings is 3. The van der Waals surface area contributed by atoms with Crippen molar-refractivity contribution < 1.29 is 23.1 Å². The van der Waals surface area contributed by atoms with Gasteiger partial charge in [-0.3, -0.25) is 0 Å². The van der Waals surface area contributed by atoms with Crippen molar-refractivity contribution in [1.82, 2.24) is 5.32 Å². The molecule has 2 aromatic carbocycles. The van der Waals surface area contributed by atoms with E-state index in [0.717, 1.165) is 60.6 Å². The smallest absolute Gasteiger partial charge is 0.408 e. The van der Waals surface area contributed by atoms with Crippen LogP contribution in [0.3, 0.4) is 0 Å². The lowest BCUT2D eigenvalue weighted by atomic mass is 9.83. The first kappa shape index (κ1) is 23.8. The van der Waals surface area contributed by atoms with Crippen molar-refractivity contribution >= 4 is 17.4 Å². The van der Waals surface area contributed by atoms with E-state index in [1.807, 2.05) is 29.6 Å². The molecule has 3 aliphatic rings. The highest BCUT2D eigenvalue weighted by Crippen LogP contribution is 2.36. The molecule has 2 atom stereocenters. The van der Waals surface area contributed by atoms with Gasteiger partial charge in [0.1, 0.15) is 18.1 Å². The molecule has 0 saturated carbocycles. The first-order valence-electron chi connectivity index (χ1n) is 12.3. The van der Waals surface area contributed by atoms with E-state index in [4.69, 9.17) is 9.47 Å². The lowest BCUT2D eigenvalue weighted by Gasteiger charge is -2.52. The fourth-order valence-electron chi connectivity index (χ4n) is 5.58. The number of alkyl carbamates (subject to hydrolysis) is 1. The molecule has 1 amide bonds. The maximum Gasteiger partial charge on any atom is 0.408 e. The maximum atomic E-state index is 14.6. The summed E-state index contributed by atoms with van der Waals surface area (Å²) in [6.07, 6.45) is 2.54. The number of rotatable bonds is 8. The van der Waals surface area contributed by atoms with Gasteiger partial charge in [-0.05, 0) is 35.2 Å². The Balaban J connectivity index is 1.24. The number of halogens is 1. The van der Waals surface area contributed by atoms with Crippen LogP contribution in [0.5, 0.6) is 5.75 Å². The Morgan fingerprint density at radius 1 is 1.11 bits per heavy atom. The lowest BCUT2D eigenvalue weighted by Crippen LogP contribution is -2.65. The fourth-order valence-corrected chi connectivity index (χ4v) is 6.38. The van der Waals surface area contributed by atoms with E-state index in [-0.39, 0.29) is 11.9 Å². The molecule has 0 spiro atoms. The van der Waals surface area contributed by atoms with Crippen LogP contribution in [0.15, 0.2) is 66.0 Å². The average Bonchev–Trinajstić information content (AvgIpc) is 3.42. The first-order valence-corrected chi connectivity index (χ1v) is 13.2. The van der Waals surface area contributed by atoms with Gasteiger partial charge in [0.05, 0.1) is 32.8 Å². The van der Waals surface area contributed by atoms with Crippen molar-refractivity contribution in [2.45, 2.75) is 31.4 Å². The lowest BCUT2D eigenvalue weighted by molar-refractivity contribution is -0.946. The molecule has 5 nitrogen and oxygen atoms in total. The first-order chi connectivity index (χ1) is 17.0. The third-order valence-corrected chi connectivity index (χ3v) is 8.58. The highest BCUT2D eigenvalue weighted by molar-refractivity contribution is 7.10. The number of benzene rings is 2. The third-order valence-electron chi connectivity index (χ3n) is 7.64. The fraction of sp³-hybridized carbons (Fsp3) is 0.393. The predicted octanol–water partition coefficient (Wildman–Crippen LogP) is 5.56. The van der Waals surface area contributed by atoms with E-state index in [1.165, 1.54) is 23.0 Å². The molecule has 3 fully saturated rings. The van der Waals surface area contributed by atoms with Crippen molar-refractivity contribution in [1.29, 1.82) is 0 Å². The Morgan fingerprint density at radius 3 is 2.57 bits per heavy atom. The number of carbonyl (C=O) groups excluding carboxylic acids is 1. The standard InChI is InChI=1S/C28H31FN2O3S/c1-33-22-10-8-20(9-11-22)12-15-31-16-13-21(14-17-31)25(19-31)34-28(32)30-27(26-7-4-18-35-26)23-5-2-3-6-24(23)29/h2-11,18,21,25,27H,12-17,19H2,1H3/p+1/t21?,25-,27?,31?/m0/s1. The molecule has 1 N–H and O–H groups in total. The van der Waals surface area contributed by atoms with Crippen molar-refractivity contribution in [2.75, 3.05) is 33.3 Å². The van der Waals surface area contributed by atoms with Gasteiger partial charge in [0.15, 0.2) is 6.10 Å². The monoisotopic (exact) mass is 495 g/mol. The van der Waals surface area contributed by atoms with Crippen LogP contribution in [-0.4, -0.2) is 50.0 Å². The van der Waals surface area contributed by atoms with Gasteiger partial charge in [-0.25, -0.2) is 9.18 Å². The Kier molecular flexibility index (Phi) is 7.07. The van der Waals surface area contributed by atoms with Crippen LogP contribution in [0.1, 0.15) is 34.9 Å². The van der Waals surface area contributed by atoms with E-state index in [2.05, 4.69) is 17.4 Å². The predicted molar refractivity (Wildman–Crippen MR) is 135 cm³/mol. The number of amides is 1. The molecule has 3 saturated heterocycles. The number of nitrogens with zero attached hydrogens (tertiary/aromatic N) is 1. The minimum absolute atomic E-state index is 0.113. The molecule has 0 aliphatic carbocycles. The molecule has 2 bridgehead atoms. The number of hydrogen-bond donors (Lipinski definition) is 1. The second-order valence-corrected chi connectivity index (χ2v) is 10.7. The highest BCUT2D eigenvalue weighted by atomic mass is 32.1. The van der Waals surface area contributed by atoms with Crippen LogP contribution in [0, 0.1) is 11.7 Å². The molecule has 35 heavy (non-hydrogen) atoms. The van der Waals surface area contributed by atoms with Gasteiger partial charge >= 0.3 is 6.09 Å². The topological polar surface area (TPSA) is 47.6 Å². The number of ether oxygens (including phenoxy) is 2. The molecule has 184 valence electrons. The van der Waals surface area contributed by atoms with E-state index < -0.39 is 12.1 Å². The zero-order chi connectivity index (χ0) is 24.3. The summed E-state index contributed by atoms with van der Waals surface area (Å²) in [5.41, 5.74) is 1.74. The summed E-state index contributed by atoms with van der Waals surface area (Å²) in [6, 6.07) is 18.1. The minimum atomic E-state index is -0.567. The van der Waals surface area contributed by atoms with Crippen LogP contribution in [0.25, 0.3) is 0 Å². The number of quaternary nitrogens is 1. The number of fused-ring (bicyclic) bond motifs is 3. The minimum Gasteiger partial charge on any atom is -0.497 e. The number of nitrogens with one attached hydrogen (secondary N) is 1. The zero-order valence-electron chi connectivity index (χ0n) is 20.0. The highest BCUT2D eigenvalue weighted by Gasteiger charge is 2.47. The summed E-state index contributed by atoms with van der Waals surface area (Å²) in [6.45, 7) is 4.15. The second-order valence-electron chi connectivity index (χ2n) is 9.69. The SMILES string of the molecule is COc1ccc(CC[N+]23CCC(CC2)[C@@H](OC(=O)NC(c2cccs2)c2ccccc2F)C3)cc1. The Morgan fingerprint density at radius 2 is 1.89 bits per heavy atom. The zero-order valence-corrected chi connectivity index (χ0v) is 20.8. The Bertz CT molecular complexity index is 1130. The van der Waals surface area contributed by atoms with Gasteiger partial charge in [0, 0.05) is 35.6 Å². The largest absolute Gasteiger partial charge is 0.497 e. The van der Waals surface area contributed by atoms with Crippen LogP contribution in [0.2, 0.25) is 0 Å². The molecule has 1 aromatic heterocycles. The second kappa shape index (κ2) is 10.4. The molecule has 3 aromatic rings. The third kappa shape index (κ3) is 5.36. The molecule has 0 radical (unpaired) electrons. The van der Waals surface area contributed by atoms with Gasteiger partial charge in [-0.1, -0.05) is 36.4 Å². The van der Waals surface area contributed by atoms with Crippen molar-refractivity contribution in [3.63, 3.8) is 0 Å². The van der Waals surface area contributed by atoms with Crippen molar-refractivity contribution in [2.24, 2.45) is 5.92 Å². The van der Waals surface area contributed by atoms with Gasteiger partial charge < -0.3 is 19.3 Å². The maximum absolute atomic E-state index is 14.6. The summed E-state index contributed by atoms with van der Waals surface area (Å²) in [4.78, 5) is 13.9. The molecule has 4 heterocycles. The molecular formula is C28H32FN2O3S+. The van der Waals surface area contributed by atoms with Gasteiger partial charge in [0.25, 0.3) is 0 Å². The Hall–Kier alpha value is -2.90. The quantitative estimate of drug-likeness (QED) is 0.416. The van der Waals surface area contributed by atoms with Gasteiger partial charge in [-0.2, -0.15) is 0 Å². The summed E-state index contributed by atoms with van der Waals surface area (Å²) >= 11 is 1.49. The van der Waals surface area contributed by atoms with Crippen molar-refractivity contribution in [3.8, 4) is 5.75 Å². The van der Waals surface area contributed by atoms with Gasteiger partial charge in [0.2, 0.25) is 0 Å². The molecule has 7 heteroatoms. The van der Waals surface area contributed by atoms with Crippen LogP contribution in [-0.2, 0) is 11.2 Å². The molecule has 1 unspecified atom stereocenters. The summed E-state index contributed by atoms with van der Waals surface area (Å²) in [7, 11) is 1.68. The van der Waals surface area contributed by atoms with E-state index >= 15 is 0 Å². The van der Waals surface area contributed by atoms with E-state index in [1.54, 1.807) is 25.3 Å². The number of hydrogen-bond acceptors (Lipinski definition) is 4. The summed E-state index contributed by atoms with van der Waals surface area (Å²) in [5.74, 6) is 0.933. The summed E-state index contributed by atoms with van der Waals surface area (Å²) < 4.78 is 26.9. The number of carbonyl (C=O) groups is 1. The van der Waals surface area contributed by atoms with Crippen LogP contribution < -0.4 is 10.1 Å². The molecular weight excluding hydrogens is 463 g/mol. The molecule has 6 rings (SSSR count). The van der Waals surface area contributed by atoms with E-state index in [0.29, 0.717) is 11.5 Å².